The SMILES string of the molecule is CCCC[CH]C(=O)OCCCCC. The molecule has 13 heavy (non-hydrogen) atoms. The summed E-state index contributed by atoms with van der Waals surface area (Å²) in [5.41, 5.74) is 0. The number of rotatable bonds is 8. The first-order valence-electron chi connectivity index (χ1n) is 5.31. The highest BCUT2D eigenvalue weighted by atomic mass is 16.5. The summed E-state index contributed by atoms with van der Waals surface area (Å²) in [6.07, 6.45) is 7.99. The molecule has 0 fully saturated rings. The molecule has 0 aliphatic heterocycles. The number of ether oxygens (including phenoxy) is 1. The second-order valence-corrected chi connectivity index (χ2v) is 3.22. The van der Waals surface area contributed by atoms with Crippen LogP contribution in [0.2, 0.25) is 0 Å². The van der Waals surface area contributed by atoms with E-state index in [1.165, 1.54) is 0 Å². The minimum absolute atomic E-state index is 0.149. The molecule has 0 amide bonds. The molecular formula is C11H21O2. The highest BCUT2D eigenvalue weighted by Crippen LogP contribution is 2.00. The Bertz CT molecular complexity index is 121. The number of unbranched alkanes of at least 4 members (excludes halogenated alkanes) is 4. The Balaban J connectivity index is 3.11. The third-order valence-corrected chi connectivity index (χ3v) is 1.86. The van der Waals surface area contributed by atoms with Crippen molar-refractivity contribution in [1.82, 2.24) is 0 Å². The topological polar surface area (TPSA) is 26.3 Å². The van der Waals surface area contributed by atoms with Gasteiger partial charge in [-0.05, 0) is 12.8 Å². The van der Waals surface area contributed by atoms with E-state index in [2.05, 4.69) is 13.8 Å². The number of carbonyl (C=O) groups excluding carboxylic acids is 1. The number of hydrogen-bond acceptors (Lipinski definition) is 2. The van der Waals surface area contributed by atoms with Crippen molar-refractivity contribution in [1.29, 1.82) is 0 Å². The van der Waals surface area contributed by atoms with E-state index in [-0.39, 0.29) is 5.97 Å². The van der Waals surface area contributed by atoms with Gasteiger partial charge in [-0.1, -0.05) is 39.5 Å². The Labute approximate surface area is 81.7 Å². The molecule has 0 atom stereocenters. The van der Waals surface area contributed by atoms with Gasteiger partial charge in [-0.25, -0.2) is 0 Å². The zero-order valence-electron chi connectivity index (χ0n) is 8.84. The average Bonchev–Trinajstić information content (AvgIpc) is 2.13. The van der Waals surface area contributed by atoms with Crippen molar-refractivity contribution in [2.24, 2.45) is 0 Å². The Kier molecular flexibility index (Phi) is 9.17. The summed E-state index contributed by atoms with van der Waals surface area (Å²) in [6, 6.07) is 0. The van der Waals surface area contributed by atoms with E-state index >= 15 is 0 Å². The standard InChI is InChI=1S/C11H21O2/c1-3-5-7-9-11(12)13-10-8-6-4-2/h9H,3-8,10H2,1-2H3. The number of carbonyl (C=O) groups is 1. The van der Waals surface area contributed by atoms with Crippen molar-refractivity contribution < 1.29 is 9.53 Å². The highest BCUT2D eigenvalue weighted by Gasteiger charge is 2.01. The molecule has 2 nitrogen and oxygen atoms in total. The van der Waals surface area contributed by atoms with E-state index in [1.807, 2.05) is 0 Å². The van der Waals surface area contributed by atoms with Crippen LogP contribution in [-0.4, -0.2) is 12.6 Å². The Morgan fingerprint density at radius 3 is 2.46 bits per heavy atom. The zero-order valence-corrected chi connectivity index (χ0v) is 8.84. The van der Waals surface area contributed by atoms with E-state index in [0.29, 0.717) is 6.61 Å². The molecule has 2 heteroatoms. The molecule has 0 aromatic rings. The van der Waals surface area contributed by atoms with Crippen molar-refractivity contribution in [2.75, 3.05) is 6.61 Å². The van der Waals surface area contributed by atoms with Crippen LogP contribution in [0.4, 0.5) is 0 Å². The van der Waals surface area contributed by atoms with E-state index in [1.54, 1.807) is 6.42 Å². The maximum Gasteiger partial charge on any atom is 0.309 e. The van der Waals surface area contributed by atoms with Crippen LogP contribution in [0.25, 0.3) is 0 Å². The molecular weight excluding hydrogens is 164 g/mol. The smallest absolute Gasteiger partial charge is 0.309 e. The van der Waals surface area contributed by atoms with Gasteiger partial charge in [0.1, 0.15) is 0 Å². The van der Waals surface area contributed by atoms with E-state index in [9.17, 15) is 4.79 Å². The molecule has 0 spiro atoms. The predicted octanol–water partition coefficient (Wildman–Crippen LogP) is 3.11. The van der Waals surface area contributed by atoms with Gasteiger partial charge >= 0.3 is 5.97 Å². The van der Waals surface area contributed by atoms with Crippen molar-refractivity contribution in [2.45, 2.75) is 52.4 Å². The number of esters is 1. The fourth-order valence-corrected chi connectivity index (χ4v) is 1.01. The quantitative estimate of drug-likeness (QED) is 0.429. The molecule has 1 radical (unpaired) electrons. The summed E-state index contributed by atoms with van der Waals surface area (Å²) in [4.78, 5) is 11.0. The van der Waals surface area contributed by atoms with Gasteiger partial charge in [0.2, 0.25) is 0 Å². The summed E-state index contributed by atoms with van der Waals surface area (Å²) in [5, 5.41) is 0. The van der Waals surface area contributed by atoms with Crippen LogP contribution in [0.3, 0.4) is 0 Å². The molecule has 0 rings (SSSR count). The molecule has 0 saturated heterocycles. The average molecular weight is 185 g/mol. The van der Waals surface area contributed by atoms with Crippen LogP contribution >= 0.6 is 0 Å². The molecule has 0 aromatic heterocycles. The van der Waals surface area contributed by atoms with Crippen molar-refractivity contribution >= 4 is 5.97 Å². The third kappa shape index (κ3) is 9.38. The molecule has 0 heterocycles. The first-order valence-corrected chi connectivity index (χ1v) is 5.31. The fourth-order valence-electron chi connectivity index (χ4n) is 1.01. The lowest BCUT2D eigenvalue weighted by atomic mass is 10.2. The number of hydrogen-bond donors (Lipinski definition) is 0. The van der Waals surface area contributed by atoms with E-state index < -0.39 is 0 Å². The van der Waals surface area contributed by atoms with Crippen LogP contribution in [-0.2, 0) is 9.53 Å². The maximum absolute atomic E-state index is 11.0. The Morgan fingerprint density at radius 2 is 1.85 bits per heavy atom. The maximum atomic E-state index is 11.0. The summed E-state index contributed by atoms with van der Waals surface area (Å²) in [6.45, 7) is 4.82. The van der Waals surface area contributed by atoms with Gasteiger partial charge in [0.15, 0.2) is 0 Å². The molecule has 0 aliphatic carbocycles. The molecule has 0 aliphatic rings. The molecule has 0 aromatic carbocycles. The van der Waals surface area contributed by atoms with Crippen LogP contribution in [0.5, 0.6) is 0 Å². The first-order chi connectivity index (χ1) is 6.31. The largest absolute Gasteiger partial charge is 0.465 e. The van der Waals surface area contributed by atoms with Crippen LogP contribution in [0.15, 0.2) is 0 Å². The van der Waals surface area contributed by atoms with Gasteiger partial charge in [0, 0.05) is 0 Å². The Hall–Kier alpha value is -0.530. The lowest BCUT2D eigenvalue weighted by Crippen LogP contribution is -2.06. The summed E-state index contributed by atoms with van der Waals surface area (Å²) < 4.78 is 5.00. The van der Waals surface area contributed by atoms with E-state index in [4.69, 9.17) is 4.74 Å². The van der Waals surface area contributed by atoms with Crippen molar-refractivity contribution in [3.05, 3.63) is 6.42 Å². The van der Waals surface area contributed by atoms with Crippen molar-refractivity contribution in [3.8, 4) is 0 Å². The first kappa shape index (κ1) is 12.5. The molecule has 77 valence electrons. The third-order valence-electron chi connectivity index (χ3n) is 1.86. The summed E-state index contributed by atoms with van der Waals surface area (Å²) >= 11 is 0. The van der Waals surface area contributed by atoms with Crippen molar-refractivity contribution in [3.63, 3.8) is 0 Å². The van der Waals surface area contributed by atoms with Crippen LogP contribution in [0.1, 0.15) is 52.4 Å². The molecule has 0 N–H and O–H groups in total. The van der Waals surface area contributed by atoms with Gasteiger partial charge in [-0.15, -0.1) is 0 Å². The lowest BCUT2D eigenvalue weighted by molar-refractivity contribution is -0.139. The van der Waals surface area contributed by atoms with Crippen LogP contribution < -0.4 is 0 Å². The zero-order chi connectivity index (χ0) is 9.94. The normalized spacial score (nSPS) is 10.0. The highest BCUT2D eigenvalue weighted by molar-refractivity contribution is 5.78. The minimum atomic E-state index is -0.149. The van der Waals surface area contributed by atoms with Gasteiger partial charge in [0.05, 0.1) is 13.0 Å². The van der Waals surface area contributed by atoms with Gasteiger partial charge in [-0.2, -0.15) is 0 Å². The van der Waals surface area contributed by atoms with Gasteiger partial charge in [-0.3, -0.25) is 4.79 Å². The van der Waals surface area contributed by atoms with Gasteiger partial charge in [0.25, 0.3) is 0 Å². The lowest BCUT2D eigenvalue weighted by Gasteiger charge is -2.02. The summed E-state index contributed by atoms with van der Waals surface area (Å²) in [5.74, 6) is -0.149. The molecule has 0 unspecified atom stereocenters. The summed E-state index contributed by atoms with van der Waals surface area (Å²) in [7, 11) is 0. The molecule has 0 saturated carbocycles. The van der Waals surface area contributed by atoms with Crippen LogP contribution in [0, 0.1) is 6.42 Å². The van der Waals surface area contributed by atoms with E-state index in [0.717, 1.165) is 38.5 Å². The Morgan fingerprint density at radius 1 is 1.15 bits per heavy atom. The minimum Gasteiger partial charge on any atom is -0.465 e. The van der Waals surface area contributed by atoms with Gasteiger partial charge < -0.3 is 4.74 Å². The predicted molar refractivity (Wildman–Crippen MR) is 54.3 cm³/mol. The fraction of sp³-hybridized carbons (Fsp3) is 0.818. The second-order valence-electron chi connectivity index (χ2n) is 3.22. The monoisotopic (exact) mass is 185 g/mol. The molecule has 0 bridgehead atoms. The second kappa shape index (κ2) is 9.56.